The lowest BCUT2D eigenvalue weighted by Crippen LogP contribution is -2.11. The van der Waals surface area contributed by atoms with Crippen LogP contribution in [-0.4, -0.2) is 4.57 Å². The average molecular weight is 759 g/mol. The van der Waals surface area contributed by atoms with E-state index in [2.05, 4.69) is 216 Å². The van der Waals surface area contributed by atoms with Gasteiger partial charge in [-0.1, -0.05) is 152 Å². The van der Waals surface area contributed by atoms with Crippen molar-refractivity contribution in [2.75, 3.05) is 4.90 Å². The van der Waals surface area contributed by atoms with Gasteiger partial charge in [-0.15, -0.1) is 11.3 Å². The third-order valence-corrected chi connectivity index (χ3v) is 12.9. The summed E-state index contributed by atoms with van der Waals surface area (Å²) in [5.41, 5.74) is 13.1. The molecule has 0 aliphatic rings. The van der Waals surface area contributed by atoms with Crippen molar-refractivity contribution < 1.29 is 4.42 Å². The number of aromatic nitrogens is 1. The Balaban J connectivity index is 1.20. The Morgan fingerprint density at radius 3 is 1.83 bits per heavy atom. The molecule has 0 saturated heterocycles. The predicted molar refractivity (Wildman–Crippen MR) is 247 cm³/mol. The molecule has 0 aliphatic heterocycles. The lowest BCUT2D eigenvalue weighted by atomic mass is 9.99. The van der Waals surface area contributed by atoms with Crippen molar-refractivity contribution in [1.29, 1.82) is 0 Å². The van der Waals surface area contributed by atoms with E-state index in [-0.39, 0.29) is 0 Å². The number of hydrogen-bond donors (Lipinski definition) is 0. The van der Waals surface area contributed by atoms with Gasteiger partial charge in [0.15, 0.2) is 0 Å². The van der Waals surface area contributed by atoms with Crippen LogP contribution in [0.4, 0.5) is 17.1 Å². The summed E-state index contributed by atoms with van der Waals surface area (Å²) in [5.74, 6) is 0. The summed E-state index contributed by atoms with van der Waals surface area (Å²) in [6.45, 7) is 0. The molecule has 272 valence electrons. The quantitative estimate of drug-likeness (QED) is 0.168. The molecule has 3 heterocycles. The minimum absolute atomic E-state index is 0.870. The third kappa shape index (κ3) is 4.99. The number of benzene rings is 9. The lowest BCUT2D eigenvalue weighted by Gasteiger charge is -2.27. The first-order chi connectivity index (χ1) is 28.8. The van der Waals surface area contributed by atoms with Crippen LogP contribution in [0.25, 0.3) is 91.9 Å². The number of anilines is 3. The average Bonchev–Trinajstić information content (AvgIpc) is 3.98. The van der Waals surface area contributed by atoms with E-state index in [0.717, 1.165) is 61.3 Å². The van der Waals surface area contributed by atoms with Crippen LogP contribution < -0.4 is 4.90 Å². The fourth-order valence-corrected chi connectivity index (χ4v) is 10.4. The number of fused-ring (bicyclic) bond motifs is 9. The van der Waals surface area contributed by atoms with E-state index in [0.29, 0.717) is 0 Å². The van der Waals surface area contributed by atoms with Gasteiger partial charge in [-0.05, 0) is 71.3 Å². The highest BCUT2D eigenvalue weighted by Crippen LogP contribution is 2.51. The summed E-state index contributed by atoms with van der Waals surface area (Å²) in [6.07, 6.45) is 0. The van der Waals surface area contributed by atoms with Gasteiger partial charge < -0.3 is 13.9 Å². The number of thiophene rings is 1. The summed E-state index contributed by atoms with van der Waals surface area (Å²) in [7, 11) is 0. The maximum atomic E-state index is 6.86. The van der Waals surface area contributed by atoms with Crippen molar-refractivity contribution in [3.8, 4) is 27.9 Å². The molecule has 0 N–H and O–H groups in total. The van der Waals surface area contributed by atoms with Crippen molar-refractivity contribution in [3.05, 3.63) is 206 Å². The van der Waals surface area contributed by atoms with E-state index in [9.17, 15) is 0 Å². The van der Waals surface area contributed by atoms with Gasteiger partial charge in [-0.2, -0.15) is 0 Å². The highest BCUT2D eigenvalue weighted by molar-refractivity contribution is 7.27. The Hall–Kier alpha value is -7.40. The maximum Gasteiger partial charge on any atom is 0.145 e. The number of rotatable bonds is 6. The van der Waals surface area contributed by atoms with E-state index in [4.69, 9.17) is 4.42 Å². The molecule has 4 heteroatoms. The molecule has 0 radical (unpaired) electrons. The predicted octanol–water partition coefficient (Wildman–Crippen LogP) is 15.9. The largest absolute Gasteiger partial charge is 0.455 e. The van der Waals surface area contributed by atoms with Gasteiger partial charge in [0.1, 0.15) is 11.2 Å². The zero-order chi connectivity index (χ0) is 38.2. The topological polar surface area (TPSA) is 21.3 Å². The third-order valence-electron chi connectivity index (χ3n) is 11.6. The Bertz CT molecular complexity index is 3510. The Morgan fingerprint density at radius 1 is 0.414 bits per heavy atom. The zero-order valence-corrected chi connectivity index (χ0v) is 32.2. The van der Waals surface area contributed by atoms with Crippen LogP contribution >= 0.6 is 11.3 Å². The van der Waals surface area contributed by atoms with E-state index in [1.807, 2.05) is 11.3 Å². The van der Waals surface area contributed by atoms with Crippen molar-refractivity contribution in [1.82, 2.24) is 4.57 Å². The maximum absolute atomic E-state index is 6.86. The van der Waals surface area contributed by atoms with E-state index < -0.39 is 0 Å². The first-order valence-corrected chi connectivity index (χ1v) is 20.5. The second-order valence-corrected chi connectivity index (χ2v) is 15.9. The smallest absolute Gasteiger partial charge is 0.145 e. The van der Waals surface area contributed by atoms with E-state index in [1.54, 1.807) is 0 Å². The molecular weight excluding hydrogens is 725 g/mol. The second kappa shape index (κ2) is 13.1. The minimum atomic E-state index is 0.870. The summed E-state index contributed by atoms with van der Waals surface area (Å²) < 4.78 is 11.8. The van der Waals surface area contributed by atoms with Gasteiger partial charge in [-0.25, -0.2) is 0 Å². The van der Waals surface area contributed by atoms with Crippen molar-refractivity contribution in [3.63, 3.8) is 0 Å². The van der Waals surface area contributed by atoms with Crippen LogP contribution in [0.15, 0.2) is 211 Å². The molecular formula is C54H34N2OS. The van der Waals surface area contributed by atoms with Gasteiger partial charge in [0, 0.05) is 48.6 Å². The number of hydrogen-bond acceptors (Lipinski definition) is 3. The molecule has 58 heavy (non-hydrogen) atoms. The second-order valence-electron chi connectivity index (χ2n) is 14.8. The summed E-state index contributed by atoms with van der Waals surface area (Å²) >= 11 is 1.88. The van der Waals surface area contributed by atoms with Gasteiger partial charge in [0.25, 0.3) is 0 Å². The number of furan rings is 1. The highest BCUT2D eigenvalue weighted by atomic mass is 32.1. The zero-order valence-electron chi connectivity index (χ0n) is 31.3. The SMILES string of the molecule is c1ccc(-c2ccc(N(c3ccc4c5ccccc5n(-c5ccccc5)c4c3)c3cccc4c3sc3c(-c5ccccc5)cccc34)c3c2oc2ccccc23)cc1. The number of nitrogens with zero attached hydrogens (tertiary/aromatic N) is 2. The van der Waals surface area contributed by atoms with Crippen LogP contribution in [0.2, 0.25) is 0 Å². The molecule has 3 aromatic heterocycles. The Labute approximate surface area is 338 Å². The molecule has 12 rings (SSSR count). The first-order valence-electron chi connectivity index (χ1n) is 19.7. The molecule has 0 saturated carbocycles. The van der Waals surface area contributed by atoms with Crippen LogP contribution in [0.3, 0.4) is 0 Å². The lowest BCUT2D eigenvalue weighted by molar-refractivity contribution is 0.670. The van der Waals surface area contributed by atoms with Crippen LogP contribution in [0.1, 0.15) is 0 Å². The van der Waals surface area contributed by atoms with Crippen molar-refractivity contribution >= 4 is 92.3 Å². The molecule has 0 spiro atoms. The molecule has 9 aromatic carbocycles. The molecule has 12 aromatic rings. The Kier molecular flexibility index (Phi) is 7.40. The molecule has 0 amide bonds. The molecule has 0 aliphatic carbocycles. The van der Waals surface area contributed by atoms with Crippen LogP contribution in [0, 0.1) is 0 Å². The number of para-hydroxylation sites is 3. The fraction of sp³-hybridized carbons (Fsp3) is 0. The fourth-order valence-electron chi connectivity index (χ4n) is 9.03. The molecule has 0 fully saturated rings. The van der Waals surface area contributed by atoms with Crippen LogP contribution in [0.5, 0.6) is 0 Å². The van der Waals surface area contributed by atoms with Gasteiger partial charge in [0.05, 0.1) is 32.5 Å². The summed E-state index contributed by atoms with van der Waals surface area (Å²) in [5, 5.41) is 7.13. The normalized spacial score (nSPS) is 11.8. The monoisotopic (exact) mass is 758 g/mol. The summed E-state index contributed by atoms with van der Waals surface area (Å²) in [6, 6.07) is 74.3. The van der Waals surface area contributed by atoms with Crippen molar-refractivity contribution in [2.24, 2.45) is 0 Å². The standard InChI is InChI=1S/C54H34N2OS/c1-4-16-35(17-5-1)39-32-33-47(51-45-23-11-13-29-50(45)57-52(39)51)56(38-30-31-42-41-22-10-12-27-46(41)55(49(42)34-38)37-20-8-3-9-21-37)48-28-15-26-44-43-25-14-24-40(53(43)58-54(44)48)36-18-6-2-7-19-36/h1-34H. The molecule has 0 bridgehead atoms. The first kappa shape index (κ1) is 32.8. The van der Waals surface area contributed by atoms with Crippen molar-refractivity contribution in [2.45, 2.75) is 0 Å². The summed E-state index contributed by atoms with van der Waals surface area (Å²) in [4.78, 5) is 2.48. The van der Waals surface area contributed by atoms with Gasteiger partial charge in [-0.3, -0.25) is 0 Å². The molecule has 3 nitrogen and oxygen atoms in total. The molecule has 0 unspecified atom stereocenters. The van der Waals surface area contributed by atoms with E-state index in [1.165, 1.54) is 47.6 Å². The Morgan fingerprint density at radius 2 is 1.03 bits per heavy atom. The highest BCUT2D eigenvalue weighted by Gasteiger charge is 2.26. The minimum Gasteiger partial charge on any atom is -0.455 e. The van der Waals surface area contributed by atoms with Crippen LogP contribution in [-0.2, 0) is 0 Å². The van der Waals surface area contributed by atoms with E-state index >= 15 is 0 Å². The van der Waals surface area contributed by atoms with Gasteiger partial charge >= 0.3 is 0 Å². The molecule has 0 atom stereocenters. The van der Waals surface area contributed by atoms with Gasteiger partial charge in [0.2, 0.25) is 0 Å².